The lowest BCUT2D eigenvalue weighted by molar-refractivity contribution is 0.267. The molecule has 23 heavy (non-hydrogen) atoms. The molecule has 1 amide bonds. The largest absolute Gasteiger partial charge is 0.310 e. The molecule has 0 aliphatic heterocycles. The Kier molecular flexibility index (Phi) is 4.63. The van der Waals surface area contributed by atoms with Crippen molar-refractivity contribution < 1.29 is 9.18 Å². The summed E-state index contributed by atoms with van der Waals surface area (Å²) < 4.78 is 14.5. The summed E-state index contributed by atoms with van der Waals surface area (Å²) in [6.07, 6.45) is 3.26. The van der Waals surface area contributed by atoms with Crippen LogP contribution in [0.1, 0.15) is 0 Å². The Balaban J connectivity index is 1.74. The highest BCUT2D eigenvalue weighted by molar-refractivity contribution is 8.13. The fourth-order valence-electron chi connectivity index (χ4n) is 1.88. The molecule has 2 aromatic carbocycles. The second-order valence-corrected chi connectivity index (χ2v) is 5.62. The number of carbonyl (C=O) groups excluding carboxylic acids is 1. The van der Waals surface area contributed by atoms with Crippen molar-refractivity contribution in [1.29, 1.82) is 0 Å². The summed E-state index contributed by atoms with van der Waals surface area (Å²) in [5, 5.41) is 4.32. The maximum absolute atomic E-state index is 12.8. The fraction of sp³-hybridized carbons (Fsp3) is 0. The number of benzene rings is 2. The van der Waals surface area contributed by atoms with Crippen molar-refractivity contribution in [3.05, 3.63) is 84.2 Å². The number of halogens is 1. The number of amides is 1. The van der Waals surface area contributed by atoms with Crippen molar-refractivity contribution >= 4 is 17.0 Å². The summed E-state index contributed by atoms with van der Waals surface area (Å²) in [6, 6.07) is 17.0. The van der Waals surface area contributed by atoms with E-state index in [9.17, 15) is 9.18 Å². The minimum atomic E-state index is -0.379. The van der Waals surface area contributed by atoms with Crippen LogP contribution in [0.15, 0.2) is 82.9 Å². The van der Waals surface area contributed by atoms with Gasteiger partial charge in [-0.1, -0.05) is 18.2 Å². The fourth-order valence-corrected chi connectivity index (χ4v) is 2.51. The maximum atomic E-state index is 12.8. The highest BCUT2D eigenvalue weighted by Crippen LogP contribution is 2.19. The highest BCUT2D eigenvalue weighted by Gasteiger charge is 2.03. The number of hydrogen-bond donors (Lipinski definition) is 0. The molecule has 1 aromatic heterocycles. The van der Waals surface area contributed by atoms with Crippen LogP contribution in [0.25, 0.3) is 5.69 Å². The van der Waals surface area contributed by atoms with Gasteiger partial charge in [0.2, 0.25) is 0 Å². The summed E-state index contributed by atoms with van der Waals surface area (Å²) in [7, 11) is 0. The summed E-state index contributed by atoms with van der Waals surface area (Å²) in [5.74, 6) is -0.337. The van der Waals surface area contributed by atoms with Crippen LogP contribution in [0.4, 0.5) is 9.18 Å². The molecule has 0 N–H and O–H groups in total. The minimum Gasteiger partial charge on any atom is -0.259 e. The molecule has 4 nitrogen and oxygen atoms in total. The molecule has 0 spiro atoms. The van der Waals surface area contributed by atoms with Gasteiger partial charge in [-0.3, -0.25) is 4.79 Å². The summed E-state index contributed by atoms with van der Waals surface area (Å²) in [6.45, 7) is 0. The average Bonchev–Trinajstić information content (AvgIpc) is 2.58. The zero-order chi connectivity index (χ0) is 16.1. The van der Waals surface area contributed by atoms with E-state index in [4.69, 9.17) is 0 Å². The molecular weight excluding hydrogens is 313 g/mol. The number of nitrogens with zero attached hydrogens (tertiary/aromatic N) is 3. The van der Waals surface area contributed by atoms with Crippen molar-refractivity contribution in [3.63, 3.8) is 0 Å². The van der Waals surface area contributed by atoms with Crippen LogP contribution in [-0.4, -0.2) is 15.0 Å². The number of hydrogen-bond acceptors (Lipinski definition) is 3. The molecule has 0 saturated heterocycles. The van der Waals surface area contributed by atoms with Crippen LogP contribution in [0.2, 0.25) is 0 Å². The summed E-state index contributed by atoms with van der Waals surface area (Å²) in [4.78, 5) is 16.5. The molecule has 1 heterocycles. The lowest BCUT2D eigenvalue weighted by Crippen LogP contribution is -2.09. The predicted molar refractivity (Wildman–Crippen MR) is 86.8 cm³/mol. The molecule has 6 heteroatoms. The molecule has 3 rings (SSSR count). The van der Waals surface area contributed by atoms with Gasteiger partial charge in [-0.25, -0.2) is 14.1 Å². The van der Waals surface area contributed by atoms with Crippen LogP contribution in [0, 0.1) is 5.82 Å². The topological polar surface area (TPSA) is 47.2 Å². The van der Waals surface area contributed by atoms with Crippen LogP contribution in [0.3, 0.4) is 0 Å². The van der Waals surface area contributed by atoms with Gasteiger partial charge in [0.1, 0.15) is 5.82 Å². The van der Waals surface area contributed by atoms with E-state index in [0.29, 0.717) is 10.3 Å². The van der Waals surface area contributed by atoms with Gasteiger partial charge in [0.05, 0.1) is 17.2 Å². The van der Waals surface area contributed by atoms with E-state index >= 15 is 0 Å². The Morgan fingerprint density at radius 1 is 1.04 bits per heavy atom. The van der Waals surface area contributed by atoms with Gasteiger partial charge < -0.3 is 0 Å². The number of thioether (sulfide) groups is 1. The molecule has 0 atom stereocenters. The molecule has 0 aliphatic rings. The third kappa shape index (κ3) is 4.14. The van der Waals surface area contributed by atoms with E-state index in [0.717, 1.165) is 17.4 Å². The third-order valence-corrected chi connectivity index (χ3v) is 3.73. The lowest BCUT2D eigenvalue weighted by Gasteiger charge is -2.03. The molecule has 114 valence electrons. The van der Waals surface area contributed by atoms with Crippen LogP contribution in [-0.2, 0) is 0 Å². The summed E-state index contributed by atoms with van der Waals surface area (Å²) in [5.41, 5.74) is 0.922. The van der Waals surface area contributed by atoms with Crippen molar-refractivity contribution in [2.45, 2.75) is 4.90 Å². The first-order chi connectivity index (χ1) is 11.2. The molecule has 0 saturated carbocycles. The molecular formula is C17H12FN3OS. The van der Waals surface area contributed by atoms with Gasteiger partial charge in [-0.15, -0.1) is 0 Å². The smallest absolute Gasteiger partial charge is 0.259 e. The van der Waals surface area contributed by atoms with Gasteiger partial charge in [-0.05, 0) is 54.2 Å². The van der Waals surface area contributed by atoms with Crippen LogP contribution < -0.4 is 5.36 Å². The Hall–Kier alpha value is -2.73. The van der Waals surface area contributed by atoms with Gasteiger partial charge in [0, 0.05) is 11.1 Å². The molecule has 0 unspecified atom stereocenters. The number of aromatic nitrogens is 2. The van der Waals surface area contributed by atoms with Gasteiger partial charge in [0.15, 0.2) is 0 Å². The number of carbonyl (C=O) groups is 1. The van der Waals surface area contributed by atoms with Crippen LogP contribution in [0.5, 0.6) is 0 Å². The monoisotopic (exact) mass is 325 g/mol. The Morgan fingerprint density at radius 2 is 1.78 bits per heavy atom. The normalized spacial score (nSPS) is 11.4. The second-order valence-electron chi connectivity index (χ2n) is 4.60. The molecule has 3 aromatic rings. The molecule has 0 bridgehead atoms. The van der Waals surface area contributed by atoms with Gasteiger partial charge >= 0.3 is 5.24 Å². The molecule has 0 fully saturated rings. The molecule has 0 aliphatic carbocycles. The number of para-hydroxylation sites is 1. The maximum Gasteiger partial charge on any atom is 0.310 e. The van der Waals surface area contributed by atoms with E-state index in [2.05, 4.69) is 10.1 Å². The second kappa shape index (κ2) is 7.02. The zero-order valence-electron chi connectivity index (χ0n) is 12.0. The van der Waals surface area contributed by atoms with E-state index in [1.54, 1.807) is 29.1 Å². The quantitative estimate of drug-likeness (QED) is 0.673. The first-order valence-corrected chi connectivity index (χ1v) is 7.65. The number of rotatable bonds is 2. The van der Waals surface area contributed by atoms with Crippen molar-refractivity contribution in [2.24, 2.45) is 4.99 Å². The van der Waals surface area contributed by atoms with Gasteiger partial charge in [-0.2, -0.15) is 5.10 Å². The van der Waals surface area contributed by atoms with Crippen molar-refractivity contribution in [1.82, 2.24) is 9.78 Å². The zero-order valence-corrected chi connectivity index (χ0v) is 12.8. The van der Waals surface area contributed by atoms with E-state index < -0.39 is 0 Å². The predicted octanol–water partition coefficient (Wildman–Crippen LogP) is 3.82. The third-order valence-electron chi connectivity index (χ3n) is 2.96. The van der Waals surface area contributed by atoms with Gasteiger partial charge in [0.25, 0.3) is 0 Å². The Morgan fingerprint density at radius 3 is 2.43 bits per heavy atom. The Bertz CT molecular complexity index is 856. The van der Waals surface area contributed by atoms with Crippen LogP contribution >= 0.6 is 11.8 Å². The summed E-state index contributed by atoms with van der Waals surface area (Å²) >= 11 is 0.941. The first-order valence-electron chi connectivity index (χ1n) is 6.83. The highest BCUT2D eigenvalue weighted by atomic mass is 32.2. The standard InChI is InChI=1S/C17H12FN3OS/c18-13-6-8-16(9-7-13)23-17(22)20-14-10-11-21(19-12-14)15-4-2-1-3-5-15/h1-12H. The van der Waals surface area contributed by atoms with E-state index in [1.165, 1.54) is 18.3 Å². The Labute approximate surface area is 136 Å². The minimum absolute atomic E-state index is 0.337. The van der Waals surface area contributed by atoms with Crippen molar-refractivity contribution in [2.75, 3.05) is 0 Å². The first kappa shape index (κ1) is 15.2. The van der Waals surface area contributed by atoms with Crippen molar-refractivity contribution in [3.8, 4) is 5.69 Å². The van der Waals surface area contributed by atoms with E-state index in [-0.39, 0.29) is 11.1 Å². The lowest BCUT2D eigenvalue weighted by atomic mass is 10.3. The SMILES string of the molecule is O=C(N=c1ccn(-c2ccccc2)nc1)Sc1ccc(F)cc1. The van der Waals surface area contributed by atoms with E-state index in [1.807, 2.05) is 30.3 Å². The molecule has 0 radical (unpaired) electrons. The average molecular weight is 325 g/mol.